The number of aromatic amines is 1. The Bertz CT molecular complexity index is 1500. The third-order valence-electron chi connectivity index (χ3n) is 7.24. The van der Waals surface area contributed by atoms with Crippen molar-refractivity contribution in [3.63, 3.8) is 0 Å². The molecule has 0 unspecified atom stereocenters. The first-order chi connectivity index (χ1) is 19.3. The zero-order valence-electron chi connectivity index (χ0n) is 24.1. The van der Waals surface area contributed by atoms with E-state index >= 15 is 8.78 Å². The summed E-state index contributed by atoms with van der Waals surface area (Å²) in [6, 6.07) is 13.2. The minimum absolute atomic E-state index is 0.0735. The minimum atomic E-state index is -2.95. The number of halogens is 2. The number of anilines is 1. The van der Waals surface area contributed by atoms with E-state index in [1.54, 1.807) is 32.9 Å². The number of carbonyl (C=O) groups excluding carboxylic acids is 1. The first kappa shape index (κ1) is 30.1. The average Bonchev–Trinajstić information content (AvgIpc) is 2.90. The Morgan fingerprint density at radius 1 is 1.15 bits per heavy atom. The summed E-state index contributed by atoms with van der Waals surface area (Å²) in [5.74, 6) is -4.68. The fourth-order valence-corrected chi connectivity index (χ4v) is 5.08. The first-order valence-corrected chi connectivity index (χ1v) is 13.8. The molecule has 0 aliphatic carbocycles. The van der Waals surface area contributed by atoms with Gasteiger partial charge in [0.1, 0.15) is 16.9 Å². The molecule has 0 saturated carbocycles. The zero-order chi connectivity index (χ0) is 29.9. The second-order valence-corrected chi connectivity index (χ2v) is 11.7. The molecule has 1 aliphatic rings. The van der Waals surface area contributed by atoms with Crippen molar-refractivity contribution in [1.82, 2.24) is 14.5 Å². The highest BCUT2D eigenvalue weighted by Gasteiger charge is 2.50. The van der Waals surface area contributed by atoms with E-state index in [0.717, 1.165) is 5.56 Å². The highest BCUT2D eigenvalue weighted by Crippen LogP contribution is 2.40. The summed E-state index contributed by atoms with van der Waals surface area (Å²) >= 11 is 0. The molecule has 4 rings (SSSR count). The van der Waals surface area contributed by atoms with Crippen LogP contribution in [0.25, 0.3) is 11.0 Å². The topological polar surface area (TPSA) is 106 Å². The van der Waals surface area contributed by atoms with Gasteiger partial charge in [0.05, 0.1) is 12.1 Å². The Morgan fingerprint density at radius 2 is 1.85 bits per heavy atom. The van der Waals surface area contributed by atoms with Gasteiger partial charge in [-0.15, -0.1) is 0 Å². The van der Waals surface area contributed by atoms with Gasteiger partial charge < -0.3 is 29.2 Å². The van der Waals surface area contributed by atoms with Gasteiger partial charge in [-0.05, 0) is 45.2 Å². The van der Waals surface area contributed by atoms with Crippen molar-refractivity contribution in [3.8, 4) is 5.75 Å². The zero-order valence-corrected chi connectivity index (χ0v) is 24.1. The lowest BCUT2D eigenvalue weighted by molar-refractivity contribution is -0.145. The van der Waals surface area contributed by atoms with Crippen LogP contribution in [0.3, 0.4) is 0 Å². The van der Waals surface area contributed by atoms with Gasteiger partial charge in [0.25, 0.3) is 5.92 Å². The van der Waals surface area contributed by atoms with Crippen molar-refractivity contribution < 1.29 is 23.0 Å². The number of fused-ring (bicyclic) bond motifs is 1. The quantitative estimate of drug-likeness (QED) is 0.286. The molecule has 1 aliphatic heterocycles. The van der Waals surface area contributed by atoms with Crippen LogP contribution in [0.2, 0.25) is 0 Å². The summed E-state index contributed by atoms with van der Waals surface area (Å²) in [7, 11) is 1.49. The van der Waals surface area contributed by atoms with E-state index in [1.165, 1.54) is 23.4 Å². The summed E-state index contributed by atoms with van der Waals surface area (Å²) in [5, 5.41) is 3.30. The summed E-state index contributed by atoms with van der Waals surface area (Å²) in [6.07, 6.45) is -0.186. The molecule has 222 valence electrons. The molecule has 0 spiro atoms. The maximum atomic E-state index is 15.1. The summed E-state index contributed by atoms with van der Waals surface area (Å²) in [5.41, 5.74) is 0.304. The number of hydrogen-bond donors (Lipinski definition) is 2. The molecule has 3 aromatic rings. The van der Waals surface area contributed by atoms with Crippen LogP contribution in [0.4, 0.5) is 19.3 Å². The SMILES string of the molecule is C[C@@H]1CN(C(=O)OC(C)(C)C)C[C@H](CCCOc2cc(NCc3ccccc3)cc3[nH]c(=O)c(=O)n(C)c23)C1(F)F. The van der Waals surface area contributed by atoms with Crippen molar-refractivity contribution in [1.29, 1.82) is 0 Å². The van der Waals surface area contributed by atoms with Gasteiger partial charge >= 0.3 is 17.2 Å². The lowest BCUT2D eigenvalue weighted by atomic mass is 9.83. The van der Waals surface area contributed by atoms with E-state index < -0.39 is 40.6 Å². The summed E-state index contributed by atoms with van der Waals surface area (Å²) in [6.45, 7) is 7.10. The van der Waals surface area contributed by atoms with Crippen LogP contribution in [0, 0.1) is 11.8 Å². The fourth-order valence-electron chi connectivity index (χ4n) is 5.08. The average molecular weight is 573 g/mol. The molecule has 1 saturated heterocycles. The standard InChI is InChI=1S/C30H38F2N4O5/c1-19-17-36(28(39)41-29(2,3)4)18-21(30(19,31)32)12-9-13-40-24-15-22(33-16-20-10-7-6-8-11-20)14-23-25(24)35(5)27(38)26(37)34-23/h6-8,10-11,14-15,19,21,33H,9,12-13,16-18H2,1-5H3,(H,34,37)/t19-,21+/m1/s1. The number of nitrogens with one attached hydrogen (secondary N) is 2. The van der Waals surface area contributed by atoms with Crippen molar-refractivity contribution in [2.24, 2.45) is 18.9 Å². The van der Waals surface area contributed by atoms with Crippen LogP contribution in [-0.4, -0.2) is 51.8 Å². The van der Waals surface area contributed by atoms with Crippen molar-refractivity contribution in [2.45, 2.75) is 58.6 Å². The molecule has 1 amide bonds. The van der Waals surface area contributed by atoms with E-state index in [0.29, 0.717) is 29.0 Å². The molecule has 1 fully saturated rings. The van der Waals surface area contributed by atoms with E-state index in [1.807, 2.05) is 30.3 Å². The third-order valence-corrected chi connectivity index (χ3v) is 7.24. The molecule has 11 heteroatoms. The second-order valence-electron chi connectivity index (χ2n) is 11.7. The number of H-pyrrole nitrogens is 1. The van der Waals surface area contributed by atoms with Gasteiger partial charge in [-0.1, -0.05) is 37.3 Å². The van der Waals surface area contributed by atoms with E-state index in [4.69, 9.17) is 9.47 Å². The number of hydrogen-bond acceptors (Lipinski definition) is 6. The molecule has 9 nitrogen and oxygen atoms in total. The lowest BCUT2D eigenvalue weighted by Crippen LogP contribution is -2.55. The molecule has 0 radical (unpaired) electrons. The number of rotatable bonds is 8. The first-order valence-electron chi connectivity index (χ1n) is 13.8. The maximum absolute atomic E-state index is 15.1. The lowest BCUT2D eigenvalue weighted by Gasteiger charge is -2.42. The number of ether oxygens (including phenoxy) is 2. The number of nitrogens with zero attached hydrogens (tertiary/aromatic N) is 2. The number of aromatic nitrogens is 2. The number of carbonyl (C=O) groups is 1. The highest BCUT2D eigenvalue weighted by atomic mass is 19.3. The molecule has 2 heterocycles. The van der Waals surface area contributed by atoms with Crippen molar-refractivity contribution >= 4 is 22.8 Å². The Kier molecular flexibility index (Phi) is 8.74. The summed E-state index contributed by atoms with van der Waals surface area (Å²) < 4.78 is 42.9. The predicted molar refractivity (Wildman–Crippen MR) is 154 cm³/mol. The molecular formula is C30H38F2N4O5. The molecule has 41 heavy (non-hydrogen) atoms. The summed E-state index contributed by atoms with van der Waals surface area (Å²) in [4.78, 5) is 41.1. The number of benzene rings is 2. The van der Waals surface area contributed by atoms with Crippen molar-refractivity contribution in [3.05, 3.63) is 68.7 Å². The Labute approximate surface area is 237 Å². The number of amides is 1. The highest BCUT2D eigenvalue weighted by molar-refractivity contribution is 5.85. The van der Waals surface area contributed by atoms with E-state index in [-0.39, 0.29) is 32.5 Å². The van der Waals surface area contributed by atoms with Crippen LogP contribution in [0.1, 0.15) is 46.1 Å². The molecule has 1 aromatic heterocycles. The van der Waals surface area contributed by atoms with Gasteiger partial charge in [0, 0.05) is 50.3 Å². The van der Waals surface area contributed by atoms with Gasteiger partial charge in [-0.25, -0.2) is 13.6 Å². The minimum Gasteiger partial charge on any atom is -0.491 e. The molecular weight excluding hydrogens is 534 g/mol. The smallest absolute Gasteiger partial charge is 0.410 e. The Hall–Kier alpha value is -3.89. The van der Waals surface area contributed by atoms with E-state index in [2.05, 4.69) is 10.3 Å². The normalized spacial score (nSPS) is 18.8. The largest absolute Gasteiger partial charge is 0.491 e. The second kappa shape index (κ2) is 11.9. The van der Waals surface area contributed by atoms with E-state index in [9.17, 15) is 14.4 Å². The number of aryl methyl sites for hydroxylation is 1. The van der Waals surface area contributed by atoms with Crippen LogP contribution in [0.5, 0.6) is 5.75 Å². The van der Waals surface area contributed by atoms with Crippen LogP contribution in [0.15, 0.2) is 52.1 Å². The molecule has 2 atom stereocenters. The monoisotopic (exact) mass is 572 g/mol. The number of piperidine rings is 1. The van der Waals surface area contributed by atoms with Crippen LogP contribution in [-0.2, 0) is 18.3 Å². The number of likely N-dealkylation sites (tertiary alicyclic amines) is 1. The Morgan fingerprint density at radius 3 is 2.54 bits per heavy atom. The predicted octanol–water partition coefficient (Wildman–Crippen LogP) is 5.14. The third kappa shape index (κ3) is 7.07. The number of alkyl halides is 2. The molecule has 2 aromatic carbocycles. The maximum Gasteiger partial charge on any atom is 0.410 e. The van der Waals surface area contributed by atoms with Crippen LogP contribution < -0.4 is 21.2 Å². The fraction of sp³-hybridized carbons (Fsp3) is 0.500. The van der Waals surface area contributed by atoms with Crippen molar-refractivity contribution in [2.75, 3.05) is 25.0 Å². The van der Waals surface area contributed by atoms with Gasteiger partial charge in [-0.3, -0.25) is 9.59 Å². The van der Waals surface area contributed by atoms with Crippen LogP contribution >= 0.6 is 0 Å². The van der Waals surface area contributed by atoms with Gasteiger partial charge in [0.15, 0.2) is 0 Å². The van der Waals surface area contributed by atoms with Gasteiger partial charge in [-0.2, -0.15) is 0 Å². The molecule has 0 bridgehead atoms. The molecule has 2 N–H and O–H groups in total. The Balaban J connectivity index is 1.49. The van der Waals surface area contributed by atoms with Gasteiger partial charge in [0.2, 0.25) is 0 Å².